The molecule has 0 unspecified atom stereocenters. The zero-order chi connectivity index (χ0) is 17.8. The number of anilines is 1. The number of hydrogen-bond donors (Lipinski definition) is 1. The lowest BCUT2D eigenvalue weighted by Gasteiger charge is -2.02. The summed E-state index contributed by atoms with van der Waals surface area (Å²) in [7, 11) is 0. The van der Waals surface area contributed by atoms with E-state index in [1.807, 2.05) is 17.5 Å². The number of halogens is 1. The van der Waals surface area contributed by atoms with Crippen LogP contribution >= 0.6 is 22.9 Å². The van der Waals surface area contributed by atoms with Crippen molar-refractivity contribution in [3.8, 4) is 17.3 Å². The van der Waals surface area contributed by atoms with Crippen LogP contribution in [0.1, 0.15) is 16.1 Å². The van der Waals surface area contributed by atoms with Crippen molar-refractivity contribution in [3.63, 3.8) is 0 Å². The molecular weight excluding hydrogens is 350 g/mol. The molecule has 1 aromatic heterocycles. The first-order valence-corrected chi connectivity index (χ1v) is 8.98. The lowest BCUT2D eigenvalue weighted by Crippen LogP contribution is -1.91. The van der Waals surface area contributed by atoms with Gasteiger partial charge in [-0.05, 0) is 55.3 Å². The summed E-state index contributed by atoms with van der Waals surface area (Å²) in [5, 5.41) is 15.9. The maximum atomic E-state index is 9.45. The molecule has 0 amide bonds. The third-order valence-electron chi connectivity index (χ3n) is 3.89. The Morgan fingerprint density at radius 1 is 1.16 bits per heavy atom. The molecular formula is C20H16ClN3S. The minimum absolute atomic E-state index is 0.495. The molecule has 0 aliphatic rings. The van der Waals surface area contributed by atoms with Crippen LogP contribution in [0.2, 0.25) is 5.02 Å². The summed E-state index contributed by atoms with van der Waals surface area (Å²) >= 11 is 7.34. The van der Waals surface area contributed by atoms with E-state index in [0.717, 1.165) is 16.9 Å². The van der Waals surface area contributed by atoms with Crippen LogP contribution in [0.3, 0.4) is 0 Å². The first kappa shape index (κ1) is 17.2. The molecule has 0 aliphatic heterocycles. The zero-order valence-electron chi connectivity index (χ0n) is 13.9. The molecule has 3 aromatic rings. The van der Waals surface area contributed by atoms with E-state index < -0.39 is 0 Å². The summed E-state index contributed by atoms with van der Waals surface area (Å²) in [5.74, 6) is 0. The molecule has 1 heterocycles. The summed E-state index contributed by atoms with van der Waals surface area (Å²) in [6.07, 6.45) is 1.67. The summed E-state index contributed by atoms with van der Waals surface area (Å²) in [6, 6.07) is 15.8. The van der Waals surface area contributed by atoms with Crippen molar-refractivity contribution in [2.45, 2.75) is 13.8 Å². The Labute approximate surface area is 156 Å². The van der Waals surface area contributed by atoms with E-state index in [9.17, 15) is 5.26 Å². The highest BCUT2D eigenvalue weighted by Gasteiger charge is 2.09. The average molecular weight is 366 g/mol. The Bertz CT molecular complexity index is 965. The highest BCUT2D eigenvalue weighted by Crippen LogP contribution is 2.27. The summed E-state index contributed by atoms with van der Waals surface area (Å²) < 4.78 is 0. The van der Waals surface area contributed by atoms with Gasteiger partial charge in [0.05, 0.1) is 5.69 Å². The monoisotopic (exact) mass is 365 g/mol. The van der Waals surface area contributed by atoms with Crippen LogP contribution in [0.25, 0.3) is 16.8 Å². The van der Waals surface area contributed by atoms with Crippen molar-refractivity contribution in [2.24, 2.45) is 0 Å². The summed E-state index contributed by atoms with van der Waals surface area (Å²) in [6.45, 7) is 4.17. The largest absolute Gasteiger partial charge is 0.360 e. The van der Waals surface area contributed by atoms with Gasteiger partial charge in [-0.15, -0.1) is 11.3 Å². The van der Waals surface area contributed by atoms with E-state index in [-0.39, 0.29) is 0 Å². The van der Waals surface area contributed by atoms with Gasteiger partial charge in [0, 0.05) is 27.9 Å². The Balaban J connectivity index is 1.83. The third kappa shape index (κ3) is 4.08. The predicted molar refractivity (Wildman–Crippen MR) is 106 cm³/mol. The number of thiazole rings is 1. The van der Waals surface area contributed by atoms with Gasteiger partial charge in [-0.2, -0.15) is 5.26 Å². The number of hydrogen-bond acceptors (Lipinski definition) is 4. The second kappa shape index (κ2) is 7.52. The molecule has 0 bridgehead atoms. The van der Waals surface area contributed by atoms with Gasteiger partial charge in [-0.1, -0.05) is 23.7 Å². The van der Waals surface area contributed by atoms with Crippen molar-refractivity contribution < 1.29 is 0 Å². The molecule has 25 heavy (non-hydrogen) atoms. The molecule has 3 rings (SSSR count). The second-order valence-corrected chi connectivity index (χ2v) is 6.95. The lowest BCUT2D eigenvalue weighted by molar-refractivity contribution is 1.31. The summed E-state index contributed by atoms with van der Waals surface area (Å²) in [4.78, 5) is 4.62. The smallest absolute Gasteiger partial charge is 0.136 e. The number of nitriles is 1. The number of aryl methyl sites for hydroxylation is 2. The van der Waals surface area contributed by atoms with Crippen molar-refractivity contribution in [1.82, 2.24) is 4.98 Å². The van der Waals surface area contributed by atoms with Crippen LogP contribution < -0.4 is 5.32 Å². The Morgan fingerprint density at radius 3 is 2.60 bits per heavy atom. The maximum absolute atomic E-state index is 9.45. The van der Waals surface area contributed by atoms with Crippen LogP contribution in [-0.2, 0) is 0 Å². The highest BCUT2D eigenvalue weighted by molar-refractivity contribution is 7.11. The van der Waals surface area contributed by atoms with E-state index >= 15 is 0 Å². The Kier molecular flexibility index (Phi) is 5.18. The minimum Gasteiger partial charge on any atom is -0.360 e. The van der Waals surface area contributed by atoms with Gasteiger partial charge < -0.3 is 5.32 Å². The fourth-order valence-corrected chi connectivity index (χ4v) is 3.19. The van der Waals surface area contributed by atoms with Gasteiger partial charge in [0.15, 0.2) is 0 Å². The van der Waals surface area contributed by atoms with Crippen molar-refractivity contribution in [1.29, 1.82) is 5.26 Å². The number of benzene rings is 2. The molecule has 0 saturated carbocycles. The van der Waals surface area contributed by atoms with Crippen molar-refractivity contribution in [3.05, 3.63) is 75.2 Å². The van der Waals surface area contributed by atoms with E-state index in [0.29, 0.717) is 15.6 Å². The summed E-state index contributed by atoms with van der Waals surface area (Å²) in [5.41, 5.74) is 5.79. The number of rotatable bonds is 4. The van der Waals surface area contributed by atoms with Gasteiger partial charge >= 0.3 is 0 Å². The van der Waals surface area contributed by atoms with Gasteiger partial charge in [0.2, 0.25) is 0 Å². The van der Waals surface area contributed by atoms with Crippen LogP contribution in [0.5, 0.6) is 0 Å². The molecule has 124 valence electrons. The minimum atomic E-state index is 0.495. The Hall–Kier alpha value is -2.61. The van der Waals surface area contributed by atoms with Crippen LogP contribution in [0.15, 0.2) is 54.0 Å². The number of allylic oxidation sites excluding steroid dienone is 1. The molecule has 0 radical (unpaired) electrons. The van der Waals surface area contributed by atoms with Crippen LogP contribution in [-0.4, -0.2) is 4.98 Å². The maximum Gasteiger partial charge on any atom is 0.136 e. The molecule has 0 atom stereocenters. The van der Waals surface area contributed by atoms with Crippen LogP contribution in [0, 0.1) is 25.2 Å². The number of nitrogens with one attached hydrogen (secondary N) is 1. The molecule has 2 aromatic carbocycles. The second-order valence-electron chi connectivity index (χ2n) is 5.66. The quantitative estimate of drug-likeness (QED) is 0.572. The molecule has 1 N–H and O–H groups in total. The Morgan fingerprint density at radius 2 is 1.92 bits per heavy atom. The molecule has 0 spiro atoms. The van der Waals surface area contributed by atoms with E-state index in [4.69, 9.17) is 11.6 Å². The van der Waals surface area contributed by atoms with Crippen molar-refractivity contribution >= 4 is 34.2 Å². The van der Waals surface area contributed by atoms with E-state index in [1.165, 1.54) is 22.5 Å². The predicted octanol–water partition coefficient (Wildman–Crippen LogP) is 6.06. The van der Waals surface area contributed by atoms with Gasteiger partial charge in [-0.3, -0.25) is 0 Å². The standard InChI is InChI=1S/C20H16ClN3S/c1-13-3-4-15(9-14(13)2)19-12-25-20(24-19)16(10-22)11-23-18-7-5-17(21)6-8-18/h3-9,11-12,23H,1-2H3/b16-11+. The first-order valence-electron chi connectivity index (χ1n) is 7.73. The van der Waals surface area contributed by atoms with E-state index in [1.54, 1.807) is 18.3 Å². The molecule has 0 aliphatic carbocycles. The molecule has 5 heteroatoms. The van der Waals surface area contributed by atoms with Crippen molar-refractivity contribution in [2.75, 3.05) is 5.32 Å². The molecule has 0 fully saturated rings. The highest BCUT2D eigenvalue weighted by atomic mass is 35.5. The molecule has 3 nitrogen and oxygen atoms in total. The number of nitrogens with zero attached hydrogens (tertiary/aromatic N) is 2. The number of aromatic nitrogens is 1. The SMILES string of the molecule is Cc1ccc(-c2csc(/C(C#N)=C/Nc3ccc(Cl)cc3)n2)cc1C. The first-order chi connectivity index (χ1) is 12.1. The average Bonchev–Trinajstić information content (AvgIpc) is 3.09. The van der Waals surface area contributed by atoms with Crippen LogP contribution in [0.4, 0.5) is 5.69 Å². The zero-order valence-corrected chi connectivity index (χ0v) is 15.4. The van der Waals surface area contributed by atoms with Gasteiger partial charge in [0.1, 0.15) is 16.6 Å². The van der Waals surface area contributed by atoms with Gasteiger partial charge in [0.25, 0.3) is 0 Å². The normalized spacial score (nSPS) is 11.2. The third-order valence-corrected chi connectivity index (χ3v) is 5.01. The fourth-order valence-electron chi connectivity index (χ4n) is 2.27. The lowest BCUT2D eigenvalue weighted by atomic mass is 10.1. The topological polar surface area (TPSA) is 48.7 Å². The fraction of sp³-hybridized carbons (Fsp3) is 0.100. The van der Waals surface area contributed by atoms with Gasteiger partial charge in [-0.25, -0.2) is 4.98 Å². The molecule has 0 saturated heterocycles. The van der Waals surface area contributed by atoms with E-state index in [2.05, 4.69) is 48.4 Å².